The Morgan fingerprint density at radius 1 is 0.833 bits per heavy atom. The molecule has 0 spiro atoms. The quantitative estimate of drug-likeness (QED) is 0.657. The zero-order valence-electron chi connectivity index (χ0n) is 8.31. The molecule has 68 valence electrons. The van der Waals surface area contributed by atoms with Crippen LogP contribution in [0.4, 0.5) is 0 Å². The van der Waals surface area contributed by atoms with Crippen LogP contribution in [-0.4, -0.2) is 0 Å². The van der Waals surface area contributed by atoms with Crippen LogP contribution in [0.2, 0.25) is 0 Å². The van der Waals surface area contributed by atoms with Gasteiger partial charge in [0.05, 0.1) is 0 Å². The fourth-order valence-corrected chi connectivity index (χ4v) is 1.37. The third-order valence-electron chi connectivity index (χ3n) is 2.01. The van der Waals surface area contributed by atoms with Crippen LogP contribution in [0.5, 0.6) is 0 Å². The van der Waals surface area contributed by atoms with E-state index in [1.165, 1.54) is 11.4 Å². The van der Waals surface area contributed by atoms with Crippen molar-refractivity contribution in [2.75, 3.05) is 0 Å². The van der Waals surface area contributed by atoms with E-state index in [2.05, 4.69) is 38.3 Å². The molecule has 1 rings (SSSR count). The summed E-state index contributed by atoms with van der Waals surface area (Å²) in [5.74, 6) is 1.11. The summed E-state index contributed by atoms with van der Waals surface area (Å²) in [6, 6.07) is 0. The van der Waals surface area contributed by atoms with Gasteiger partial charge in [-0.15, -0.1) is 0 Å². The highest BCUT2D eigenvalue weighted by molar-refractivity contribution is 5.21. The van der Waals surface area contributed by atoms with Crippen molar-refractivity contribution in [3.05, 3.63) is 23.8 Å². The minimum atomic E-state index is 0.555. The van der Waals surface area contributed by atoms with Crippen molar-refractivity contribution < 1.29 is 0 Å². The number of hydrogen-bond acceptors (Lipinski definition) is 2. The van der Waals surface area contributed by atoms with E-state index in [1.54, 1.807) is 0 Å². The van der Waals surface area contributed by atoms with Crippen molar-refractivity contribution >= 4 is 0 Å². The molecular formula is C10H18N2. The van der Waals surface area contributed by atoms with E-state index >= 15 is 0 Å². The van der Waals surface area contributed by atoms with Crippen LogP contribution < -0.4 is 10.6 Å². The maximum absolute atomic E-state index is 3.29. The molecule has 0 aromatic carbocycles. The van der Waals surface area contributed by atoms with Crippen LogP contribution in [0, 0.1) is 11.8 Å². The zero-order valence-corrected chi connectivity index (χ0v) is 8.31. The summed E-state index contributed by atoms with van der Waals surface area (Å²) in [5, 5.41) is 6.57. The fourth-order valence-electron chi connectivity index (χ4n) is 1.37. The van der Waals surface area contributed by atoms with E-state index in [4.69, 9.17) is 0 Å². The fraction of sp³-hybridized carbons (Fsp3) is 0.600. The minimum Gasteiger partial charge on any atom is -0.362 e. The molecule has 0 atom stereocenters. The second-order valence-electron chi connectivity index (χ2n) is 3.76. The molecule has 1 aliphatic rings. The lowest BCUT2D eigenvalue weighted by Crippen LogP contribution is -2.27. The summed E-state index contributed by atoms with van der Waals surface area (Å²) in [6.45, 7) is 8.80. The Hall–Kier alpha value is -0.920. The number of rotatable bonds is 2. The molecule has 0 bridgehead atoms. The minimum absolute atomic E-state index is 0.555. The summed E-state index contributed by atoms with van der Waals surface area (Å²) in [6.07, 6.45) is 3.89. The average Bonchev–Trinajstić information content (AvgIpc) is 2.04. The molecule has 2 N–H and O–H groups in total. The van der Waals surface area contributed by atoms with Gasteiger partial charge in [-0.1, -0.05) is 27.7 Å². The molecule has 12 heavy (non-hydrogen) atoms. The monoisotopic (exact) mass is 166 g/mol. The highest BCUT2D eigenvalue weighted by Crippen LogP contribution is 2.18. The molecule has 2 heteroatoms. The van der Waals surface area contributed by atoms with E-state index in [0.717, 1.165) is 0 Å². The predicted molar refractivity (Wildman–Crippen MR) is 52.1 cm³/mol. The standard InChI is InChI=1S/C10H18N2/c1-7(2)9-10(8(3)4)12-6-5-11-9/h5-8,11-12H,1-4H3. The summed E-state index contributed by atoms with van der Waals surface area (Å²) >= 11 is 0. The van der Waals surface area contributed by atoms with Crippen molar-refractivity contribution in [2.24, 2.45) is 11.8 Å². The van der Waals surface area contributed by atoms with E-state index in [0.29, 0.717) is 11.8 Å². The van der Waals surface area contributed by atoms with Crippen LogP contribution in [0.25, 0.3) is 0 Å². The lowest BCUT2D eigenvalue weighted by molar-refractivity contribution is 0.609. The van der Waals surface area contributed by atoms with E-state index in [9.17, 15) is 0 Å². The van der Waals surface area contributed by atoms with Gasteiger partial charge in [-0.05, 0) is 11.8 Å². The molecule has 0 aromatic heterocycles. The van der Waals surface area contributed by atoms with Gasteiger partial charge in [0.15, 0.2) is 0 Å². The molecule has 0 amide bonds. The van der Waals surface area contributed by atoms with Gasteiger partial charge in [0, 0.05) is 23.8 Å². The van der Waals surface area contributed by atoms with Crippen LogP contribution >= 0.6 is 0 Å². The zero-order chi connectivity index (χ0) is 9.14. The van der Waals surface area contributed by atoms with Gasteiger partial charge in [-0.3, -0.25) is 0 Å². The lowest BCUT2D eigenvalue weighted by Gasteiger charge is -2.24. The lowest BCUT2D eigenvalue weighted by atomic mass is 10.0. The van der Waals surface area contributed by atoms with Gasteiger partial charge in [-0.2, -0.15) is 0 Å². The topological polar surface area (TPSA) is 24.1 Å². The molecule has 0 radical (unpaired) electrons. The number of hydrogen-bond donors (Lipinski definition) is 2. The molecular weight excluding hydrogens is 148 g/mol. The second-order valence-corrected chi connectivity index (χ2v) is 3.76. The Morgan fingerprint density at radius 2 is 1.17 bits per heavy atom. The Labute approximate surface area is 74.7 Å². The average molecular weight is 166 g/mol. The molecule has 0 aromatic rings. The third-order valence-corrected chi connectivity index (χ3v) is 2.01. The molecule has 0 saturated heterocycles. The van der Waals surface area contributed by atoms with Gasteiger partial charge in [0.2, 0.25) is 0 Å². The smallest absolute Gasteiger partial charge is 0.0371 e. The van der Waals surface area contributed by atoms with Gasteiger partial charge < -0.3 is 10.6 Å². The summed E-state index contributed by atoms with van der Waals surface area (Å²) in [5.41, 5.74) is 2.63. The van der Waals surface area contributed by atoms with Crippen LogP contribution in [0.15, 0.2) is 23.8 Å². The third kappa shape index (κ3) is 1.81. The second kappa shape index (κ2) is 3.65. The molecule has 0 unspecified atom stereocenters. The van der Waals surface area contributed by atoms with Gasteiger partial charge in [0.25, 0.3) is 0 Å². The summed E-state index contributed by atoms with van der Waals surface area (Å²) < 4.78 is 0. The highest BCUT2D eigenvalue weighted by Gasteiger charge is 2.13. The molecule has 0 fully saturated rings. The molecule has 0 aliphatic carbocycles. The number of allylic oxidation sites excluding steroid dienone is 2. The summed E-state index contributed by atoms with van der Waals surface area (Å²) in [7, 11) is 0. The van der Waals surface area contributed by atoms with Crippen molar-refractivity contribution in [3.8, 4) is 0 Å². The highest BCUT2D eigenvalue weighted by atomic mass is 15.0. The Kier molecular flexibility index (Phi) is 2.79. The first-order valence-electron chi connectivity index (χ1n) is 4.55. The van der Waals surface area contributed by atoms with E-state index in [-0.39, 0.29) is 0 Å². The molecule has 1 heterocycles. The predicted octanol–water partition coefficient (Wildman–Crippen LogP) is 2.17. The normalized spacial score (nSPS) is 16.8. The van der Waals surface area contributed by atoms with Crippen molar-refractivity contribution in [3.63, 3.8) is 0 Å². The largest absolute Gasteiger partial charge is 0.362 e. The van der Waals surface area contributed by atoms with Gasteiger partial charge in [0.1, 0.15) is 0 Å². The number of nitrogens with one attached hydrogen (secondary N) is 2. The Bertz CT molecular complexity index is 190. The van der Waals surface area contributed by atoms with Crippen LogP contribution in [-0.2, 0) is 0 Å². The maximum Gasteiger partial charge on any atom is 0.0371 e. The first-order chi connectivity index (χ1) is 5.63. The van der Waals surface area contributed by atoms with Crippen LogP contribution in [0.3, 0.4) is 0 Å². The van der Waals surface area contributed by atoms with Gasteiger partial charge in [-0.25, -0.2) is 0 Å². The molecule has 2 nitrogen and oxygen atoms in total. The summed E-state index contributed by atoms with van der Waals surface area (Å²) in [4.78, 5) is 0. The SMILES string of the molecule is CC(C)C1=C(C(C)C)NC=CN1. The first-order valence-corrected chi connectivity index (χ1v) is 4.55. The van der Waals surface area contributed by atoms with Crippen LogP contribution in [0.1, 0.15) is 27.7 Å². The maximum atomic E-state index is 3.29. The molecule has 1 aliphatic heterocycles. The van der Waals surface area contributed by atoms with Crippen molar-refractivity contribution in [1.82, 2.24) is 10.6 Å². The van der Waals surface area contributed by atoms with Crippen molar-refractivity contribution in [2.45, 2.75) is 27.7 Å². The Balaban J connectivity index is 2.85. The van der Waals surface area contributed by atoms with Crippen molar-refractivity contribution in [1.29, 1.82) is 0 Å². The van der Waals surface area contributed by atoms with Gasteiger partial charge >= 0.3 is 0 Å². The Morgan fingerprint density at radius 3 is 1.42 bits per heavy atom. The van der Waals surface area contributed by atoms with E-state index < -0.39 is 0 Å². The van der Waals surface area contributed by atoms with E-state index in [1.807, 2.05) is 12.4 Å². The first kappa shape index (κ1) is 9.17. The molecule has 0 saturated carbocycles.